The van der Waals surface area contributed by atoms with Crippen LogP contribution in [0.5, 0.6) is 0 Å². The fourth-order valence-corrected chi connectivity index (χ4v) is 3.52. The summed E-state index contributed by atoms with van der Waals surface area (Å²) in [6.45, 7) is 3.88. The predicted molar refractivity (Wildman–Crippen MR) is 82.4 cm³/mol. The summed E-state index contributed by atoms with van der Waals surface area (Å²) in [5.41, 5.74) is 0.0769. The van der Waals surface area contributed by atoms with Crippen LogP contribution in [0.4, 0.5) is 0 Å². The number of nitrogens with two attached hydrogens (primary N) is 1. The Hall–Kier alpha value is -0.630. The van der Waals surface area contributed by atoms with Gasteiger partial charge < -0.3 is 5.32 Å². The molecule has 0 radical (unpaired) electrons. The molecular weight excluding hydrogens is 368 g/mol. The SMILES string of the molecule is CCCC(C)NC(=O)c1cc(Br)cc(S(N)(=O)=O)c1Cl. The molecule has 0 saturated heterocycles. The highest BCUT2D eigenvalue weighted by Gasteiger charge is 2.21. The number of hydrogen-bond donors (Lipinski definition) is 2. The van der Waals surface area contributed by atoms with Crippen LogP contribution in [0, 0.1) is 0 Å². The fourth-order valence-electron chi connectivity index (χ4n) is 1.74. The summed E-state index contributed by atoms with van der Waals surface area (Å²) in [5, 5.41) is 7.67. The standard InChI is InChI=1S/C12H16BrClN2O3S/c1-3-4-7(2)16-12(17)9-5-8(13)6-10(11(9)14)20(15,18)19/h5-7H,3-4H2,1-2H3,(H,16,17)(H2,15,18,19). The first-order valence-corrected chi connectivity index (χ1v) is 8.71. The van der Waals surface area contributed by atoms with Gasteiger partial charge in [-0.1, -0.05) is 40.9 Å². The number of sulfonamides is 1. The Morgan fingerprint density at radius 1 is 1.50 bits per heavy atom. The maximum absolute atomic E-state index is 12.1. The van der Waals surface area contributed by atoms with Crippen LogP contribution >= 0.6 is 27.5 Å². The average Bonchev–Trinajstić information content (AvgIpc) is 2.30. The molecule has 1 aromatic rings. The van der Waals surface area contributed by atoms with Gasteiger partial charge in [-0.2, -0.15) is 0 Å². The zero-order valence-corrected chi connectivity index (χ0v) is 14.3. The third kappa shape index (κ3) is 4.44. The summed E-state index contributed by atoms with van der Waals surface area (Å²) in [4.78, 5) is 11.9. The van der Waals surface area contributed by atoms with E-state index < -0.39 is 15.9 Å². The van der Waals surface area contributed by atoms with Gasteiger partial charge in [0.1, 0.15) is 4.90 Å². The Morgan fingerprint density at radius 3 is 2.60 bits per heavy atom. The third-order valence-corrected chi connectivity index (χ3v) is 4.57. The van der Waals surface area contributed by atoms with Crippen LogP contribution in [0.25, 0.3) is 0 Å². The van der Waals surface area contributed by atoms with Crippen LogP contribution in [-0.4, -0.2) is 20.4 Å². The Morgan fingerprint density at radius 2 is 2.10 bits per heavy atom. The van der Waals surface area contributed by atoms with Crippen molar-refractivity contribution in [2.24, 2.45) is 5.14 Å². The molecule has 0 bridgehead atoms. The van der Waals surface area contributed by atoms with E-state index in [-0.39, 0.29) is 21.5 Å². The topological polar surface area (TPSA) is 89.3 Å². The number of amides is 1. The van der Waals surface area contributed by atoms with Crippen LogP contribution in [0.15, 0.2) is 21.5 Å². The minimum Gasteiger partial charge on any atom is -0.350 e. The van der Waals surface area contributed by atoms with E-state index in [0.29, 0.717) is 4.47 Å². The molecule has 0 aromatic heterocycles. The summed E-state index contributed by atoms with van der Waals surface area (Å²) in [7, 11) is -3.99. The number of primary sulfonamides is 1. The van der Waals surface area contributed by atoms with E-state index >= 15 is 0 Å². The smallest absolute Gasteiger partial charge is 0.253 e. The number of hydrogen-bond acceptors (Lipinski definition) is 3. The third-order valence-electron chi connectivity index (χ3n) is 2.65. The molecule has 8 heteroatoms. The molecule has 0 fully saturated rings. The first-order chi connectivity index (χ1) is 9.16. The summed E-state index contributed by atoms with van der Waals surface area (Å²) in [5.74, 6) is -0.429. The van der Waals surface area contributed by atoms with Gasteiger partial charge >= 0.3 is 0 Å². The number of benzene rings is 1. The van der Waals surface area contributed by atoms with E-state index in [1.165, 1.54) is 12.1 Å². The van der Waals surface area contributed by atoms with Crippen LogP contribution in [0.3, 0.4) is 0 Å². The minimum absolute atomic E-state index is 0.0273. The summed E-state index contributed by atoms with van der Waals surface area (Å²) < 4.78 is 23.3. The van der Waals surface area contributed by atoms with Crippen molar-refractivity contribution < 1.29 is 13.2 Å². The highest BCUT2D eigenvalue weighted by molar-refractivity contribution is 9.10. The maximum atomic E-state index is 12.1. The molecule has 0 saturated carbocycles. The van der Waals surface area contributed by atoms with Gasteiger partial charge in [-0.25, -0.2) is 13.6 Å². The maximum Gasteiger partial charge on any atom is 0.253 e. The van der Waals surface area contributed by atoms with Gasteiger partial charge in [0.25, 0.3) is 5.91 Å². The van der Waals surface area contributed by atoms with Crippen LogP contribution < -0.4 is 10.5 Å². The van der Waals surface area contributed by atoms with Crippen LogP contribution in [0.1, 0.15) is 37.0 Å². The van der Waals surface area contributed by atoms with Gasteiger partial charge in [0.2, 0.25) is 10.0 Å². The molecule has 0 aliphatic heterocycles. The fraction of sp³-hybridized carbons (Fsp3) is 0.417. The van der Waals surface area contributed by atoms with Gasteiger partial charge in [0.15, 0.2) is 0 Å². The molecule has 0 heterocycles. The molecule has 112 valence electrons. The minimum atomic E-state index is -3.99. The molecule has 20 heavy (non-hydrogen) atoms. The normalized spacial score (nSPS) is 13.1. The summed E-state index contributed by atoms with van der Waals surface area (Å²) in [6.07, 6.45) is 1.75. The van der Waals surface area contributed by atoms with E-state index in [4.69, 9.17) is 16.7 Å². The number of carbonyl (C=O) groups is 1. The van der Waals surface area contributed by atoms with Crippen molar-refractivity contribution in [2.45, 2.75) is 37.6 Å². The first kappa shape index (κ1) is 17.4. The average molecular weight is 384 g/mol. The Bertz CT molecular complexity index is 619. The molecular formula is C12H16BrClN2O3S. The lowest BCUT2D eigenvalue weighted by atomic mass is 10.1. The van der Waals surface area contributed by atoms with Crippen LogP contribution in [-0.2, 0) is 10.0 Å². The largest absolute Gasteiger partial charge is 0.350 e. The molecule has 1 amide bonds. The van der Waals surface area contributed by atoms with Crippen molar-refractivity contribution in [1.82, 2.24) is 5.32 Å². The van der Waals surface area contributed by atoms with Gasteiger partial charge in [-0.05, 0) is 25.5 Å². The predicted octanol–water partition coefficient (Wildman–Crippen LogP) is 2.67. The molecule has 3 N–H and O–H groups in total. The van der Waals surface area contributed by atoms with Crippen molar-refractivity contribution in [3.63, 3.8) is 0 Å². The van der Waals surface area contributed by atoms with Crippen molar-refractivity contribution in [1.29, 1.82) is 0 Å². The van der Waals surface area contributed by atoms with Gasteiger partial charge in [-0.3, -0.25) is 4.79 Å². The molecule has 0 aliphatic carbocycles. The number of nitrogens with one attached hydrogen (secondary N) is 1. The second kappa shape index (κ2) is 6.89. The molecule has 1 atom stereocenters. The molecule has 1 aromatic carbocycles. The van der Waals surface area contributed by atoms with E-state index in [2.05, 4.69) is 21.2 Å². The van der Waals surface area contributed by atoms with Gasteiger partial charge in [0.05, 0.1) is 10.6 Å². The second-order valence-corrected chi connectivity index (χ2v) is 7.30. The summed E-state index contributed by atoms with van der Waals surface area (Å²) in [6, 6.07) is 2.70. The monoisotopic (exact) mass is 382 g/mol. The Kier molecular flexibility index (Phi) is 6.00. The van der Waals surface area contributed by atoms with Gasteiger partial charge in [-0.15, -0.1) is 0 Å². The van der Waals surface area contributed by atoms with Crippen molar-refractivity contribution in [3.8, 4) is 0 Å². The molecule has 1 unspecified atom stereocenters. The molecule has 0 spiro atoms. The van der Waals surface area contributed by atoms with E-state index in [9.17, 15) is 13.2 Å². The highest BCUT2D eigenvalue weighted by atomic mass is 79.9. The van der Waals surface area contributed by atoms with Crippen LogP contribution in [0.2, 0.25) is 5.02 Å². The molecule has 0 aliphatic rings. The lowest BCUT2D eigenvalue weighted by molar-refractivity contribution is 0.0938. The number of carbonyl (C=O) groups excluding carboxylic acids is 1. The lowest BCUT2D eigenvalue weighted by Crippen LogP contribution is -2.32. The highest BCUT2D eigenvalue weighted by Crippen LogP contribution is 2.29. The second-order valence-electron chi connectivity index (χ2n) is 4.47. The van der Waals surface area contributed by atoms with E-state index in [1.807, 2.05) is 13.8 Å². The Balaban J connectivity index is 3.19. The van der Waals surface area contributed by atoms with E-state index in [1.54, 1.807) is 0 Å². The summed E-state index contributed by atoms with van der Waals surface area (Å²) >= 11 is 9.13. The molecule has 5 nitrogen and oxygen atoms in total. The van der Waals surface area contributed by atoms with Crippen molar-refractivity contribution in [3.05, 3.63) is 27.2 Å². The van der Waals surface area contributed by atoms with E-state index in [0.717, 1.165) is 12.8 Å². The number of halogens is 2. The first-order valence-electron chi connectivity index (χ1n) is 5.99. The van der Waals surface area contributed by atoms with Crippen molar-refractivity contribution >= 4 is 43.5 Å². The zero-order chi connectivity index (χ0) is 15.5. The quantitative estimate of drug-likeness (QED) is 0.819. The van der Waals surface area contributed by atoms with Gasteiger partial charge in [0, 0.05) is 10.5 Å². The lowest BCUT2D eigenvalue weighted by Gasteiger charge is -2.14. The number of rotatable bonds is 5. The van der Waals surface area contributed by atoms with Crippen molar-refractivity contribution in [2.75, 3.05) is 0 Å². The molecule has 1 rings (SSSR count). The zero-order valence-electron chi connectivity index (χ0n) is 11.1. The Labute approximate surface area is 132 Å².